The summed E-state index contributed by atoms with van der Waals surface area (Å²) in [4.78, 5) is 17.2. The Morgan fingerprint density at radius 2 is 1.64 bits per heavy atom. The van der Waals surface area contributed by atoms with Gasteiger partial charge in [0.05, 0.1) is 11.9 Å². The number of aromatic nitrogens is 4. The Kier molecular flexibility index (Phi) is 8.78. The number of rotatable bonds is 7. The van der Waals surface area contributed by atoms with E-state index >= 15 is 4.39 Å². The van der Waals surface area contributed by atoms with E-state index in [1.54, 1.807) is 13.0 Å². The van der Waals surface area contributed by atoms with E-state index in [1.807, 2.05) is 6.07 Å². The first-order chi connectivity index (χ1) is 21.4. The minimum Gasteiger partial charge on any atom is -0.371 e. The van der Waals surface area contributed by atoms with E-state index in [0.717, 1.165) is 51.0 Å². The fraction of sp³-hybridized carbons (Fsp3) is 0.567. The number of likely N-dealkylation sites (tertiary alicyclic amines) is 1. The van der Waals surface area contributed by atoms with Gasteiger partial charge in [-0.2, -0.15) is 13.2 Å². The molecule has 6 rings (SSSR count). The largest absolute Gasteiger partial charge is 0.420 e. The van der Waals surface area contributed by atoms with Crippen molar-refractivity contribution in [2.45, 2.75) is 63.7 Å². The van der Waals surface area contributed by atoms with Gasteiger partial charge < -0.3 is 19.7 Å². The van der Waals surface area contributed by atoms with E-state index in [4.69, 9.17) is 0 Å². The Balaban J connectivity index is 1.21. The zero-order valence-electron chi connectivity index (χ0n) is 25.4. The molecule has 0 spiro atoms. The van der Waals surface area contributed by atoms with Crippen molar-refractivity contribution < 1.29 is 26.0 Å². The smallest absolute Gasteiger partial charge is 0.371 e. The molecule has 0 aliphatic carbocycles. The highest BCUT2D eigenvalue weighted by Gasteiger charge is 2.37. The molecule has 5 heterocycles. The fourth-order valence-electron chi connectivity index (χ4n) is 6.68. The molecule has 0 atom stereocenters. The predicted octanol–water partition coefficient (Wildman–Crippen LogP) is 4.70. The lowest BCUT2D eigenvalue weighted by Crippen LogP contribution is -2.43. The molecule has 0 saturated carbocycles. The number of aryl methyl sites for hydroxylation is 1. The molecule has 3 fully saturated rings. The van der Waals surface area contributed by atoms with Crippen molar-refractivity contribution in [1.29, 1.82) is 0 Å². The van der Waals surface area contributed by atoms with Crippen LogP contribution in [0.15, 0.2) is 30.6 Å². The van der Waals surface area contributed by atoms with Crippen molar-refractivity contribution in [2.75, 3.05) is 55.7 Å². The first-order valence-electron chi connectivity index (χ1n) is 15.4. The first-order valence-corrected chi connectivity index (χ1v) is 17.2. The third-order valence-electron chi connectivity index (χ3n) is 9.15. The lowest BCUT2D eigenvalue weighted by atomic mass is 10.0. The molecule has 3 aliphatic heterocycles. The fourth-order valence-corrected chi connectivity index (χ4v) is 7.56. The third kappa shape index (κ3) is 6.94. The topological polar surface area (TPSA) is 99.5 Å². The number of sulfonamides is 1. The molecule has 2 aromatic heterocycles. The number of nitrogens with zero attached hydrogens (tertiary/aromatic N) is 7. The predicted molar refractivity (Wildman–Crippen MR) is 163 cm³/mol. The minimum absolute atomic E-state index is 0.0213. The van der Waals surface area contributed by atoms with Crippen molar-refractivity contribution in [3.8, 4) is 17.1 Å². The van der Waals surface area contributed by atoms with Crippen molar-refractivity contribution in [3.05, 3.63) is 47.8 Å². The monoisotopic (exact) mass is 650 g/mol. The standard InChI is InChI=1S/C30H38F4N8O2S/c1-20-36-26(28-24(30(32,33)34)18-35-29(38-28)37-21-7-15-41(16-8-21)45(2,43)44)19-42(20)27-6-5-23(17-25(27)31)40-13-9-22(10-14-40)39-11-3-4-12-39/h5-6,17-19,21-22H,3-4,7-16H2,1-2H3,(H,35,37,38). The lowest BCUT2D eigenvalue weighted by Gasteiger charge is -2.37. The summed E-state index contributed by atoms with van der Waals surface area (Å²) < 4.78 is 84.1. The normalized spacial score (nSPS) is 19.8. The van der Waals surface area contributed by atoms with Gasteiger partial charge in [0.2, 0.25) is 16.0 Å². The van der Waals surface area contributed by atoms with Gasteiger partial charge in [-0.25, -0.2) is 32.1 Å². The number of nitrogens with one attached hydrogen (secondary N) is 1. The summed E-state index contributed by atoms with van der Waals surface area (Å²) in [5.41, 5.74) is -0.585. The number of hydrogen-bond donors (Lipinski definition) is 1. The summed E-state index contributed by atoms with van der Waals surface area (Å²) in [5.74, 6) is -0.216. The van der Waals surface area contributed by atoms with Crippen molar-refractivity contribution >= 4 is 21.7 Å². The molecule has 15 heteroatoms. The van der Waals surface area contributed by atoms with Gasteiger partial charge in [-0.05, 0) is 76.7 Å². The molecule has 10 nitrogen and oxygen atoms in total. The van der Waals surface area contributed by atoms with Gasteiger partial charge in [-0.15, -0.1) is 0 Å². The highest BCUT2D eigenvalue weighted by molar-refractivity contribution is 7.88. The van der Waals surface area contributed by atoms with Crippen LogP contribution in [0, 0.1) is 12.7 Å². The van der Waals surface area contributed by atoms with Crippen molar-refractivity contribution in [1.82, 2.24) is 28.7 Å². The Labute approximate surface area is 260 Å². The number of anilines is 2. The molecule has 3 saturated heterocycles. The van der Waals surface area contributed by atoms with E-state index in [0.29, 0.717) is 30.9 Å². The quantitative estimate of drug-likeness (QED) is 0.368. The van der Waals surface area contributed by atoms with Gasteiger partial charge in [0.1, 0.15) is 28.6 Å². The number of benzene rings is 1. The summed E-state index contributed by atoms with van der Waals surface area (Å²) in [7, 11) is -3.32. The van der Waals surface area contributed by atoms with Crippen LogP contribution in [0.4, 0.5) is 29.2 Å². The van der Waals surface area contributed by atoms with Crippen LogP contribution in [0.25, 0.3) is 17.1 Å². The van der Waals surface area contributed by atoms with Crippen LogP contribution >= 0.6 is 0 Å². The molecule has 0 bridgehead atoms. The number of halogens is 4. The maximum atomic E-state index is 15.6. The third-order valence-corrected chi connectivity index (χ3v) is 10.5. The highest BCUT2D eigenvalue weighted by atomic mass is 32.2. The Hall–Kier alpha value is -3.30. The lowest BCUT2D eigenvalue weighted by molar-refractivity contribution is -0.137. The van der Waals surface area contributed by atoms with Crippen LogP contribution in [-0.4, -0.2) is 94.7 Å². The molecule has 0 radical (unpaired) electrons. The molecule has 1 aromatic carbocycles. The zero-order valence-corrected chi connectivity index (χ0v) is 26.2. The van der Waals surface area contributed by atoms with Crippen molar-refractivity contribution in [2.24, 2.45) is 0 Å². The van der Waals surface area contributed by atoms with E-state index in [1.165, 1.54) is 34.0 Å². The molecule has 0 amide bonds. The number of alkyl halides is 3. The molecule has 3 aromatic rings. The second-order valence-electron chi connectivity index (χ2n) is 12.2. The summed E-state index contributed by atoms with van der Waals surface area (Å²) in [5, 5.41) is 3.05. The summed E-state index contributed by atoms with van der Waals surface area (Å²) in [6.45, 7) is 6.17. The molecular weight excluding hydrogens is 612 g/mol. The van der Waals surface area contributed by atoms with Crippen LogP contribution in [0.3, 0.4) is 0 Å². The van der Waals surface area contributed by atoms with E-state index in [-0.39, 0.29) is 36.5 Å². The SMILES string of the molecule is Cc1nc(-c2nc(NC3CCN(S(C)(=O)=O)CC3)ncc2C(F)(F)F)cn1-c1ccc(N2CCC(N3CCCC3)CC2)cc1F. The van der Waals surface area contributed by atoms with Gasteiger partial charge in [-0.3, -0.25) is 0 Å². The zero-order chi connectivity index (χ0) is 31.9. The van der Waals surface area contributed by atoms with Gasteiger partial charge in [0.25, 0.3) is 0 Å². The van der Waals surface area contributed by atoms with E-state index in [2.05, 4.69) is 30.1 Å². The van der Waals surface area contributed by atoms with E-state index < -0.39 is 33.3 Å². The number of hydrogen-bond acceptors (Lipinski definition) is 8. The molecular formula is C30H38F4N8O2S. The molecule has 1 N–H and O–H groups in total. The molecule has 3 aliphatic rings. The summed E-state index contributed by atoms with van der Waals surface area (Å²) >= 11 is 0. The average Bonchev–Trinajstić information content (AvgIpc) is 3.67. The van der Waals surface area contributed by atoms with Gasteiger partial charge in [0.15, 0.2) is 0 Å². The maximum Gasteiger partial charge on any atom is 0.420 e. The maximum absolute atomic E-state index is 15.6. The number of piperidine rings is 2. The van der Waals surface area contributed by atoms with Gasteiger partial charge >= 0.3 is 6.18 Å². The highest BCUT2D eigenvalue weighted by Crippen LogP contribution is 2.37. The van der Waals surface area contributed by atoms with E-state index in [9.17, 15) is 21.6 Å². The van der Waals surface area contributed by atoms with Crippen LogP contribution in [0.1, 0.15) is 49.9 Å². The summed E-state index contributed by atoms with van der Waals surface area (Å²) in [6.07, 6.45) is 3.95. The minimum atomic E-state index is -4.75. The second-order valence-corrected chi connectivity index (χ2v) is 14.2. The Morgan fingerprint density at radius 1 is 0.956 bits per heavy atom. The number of imidazole rings is 1. The van der Waals surface area contributed by atoms with Gasteiger partial charge in [-0.1, -0.05) is 0 Å². The van der Waals surface area contributed by atoms with Crippen LogP contribution in [0.5, 0.6) is 0 Å². The molecule has 0 unspecified atom stereocenters. The van der Waals surface area contributed by atoms with Crippen LogP contribution in [0.2, 0.25) is 0 Å². The Morgan fingerprint density at radius 3 is 2.27 bits per heavy atom. The average molecular weight is 651 g/mol. The first kappa shape index (κ1) is 31.7. The van der Waals surface area contributed by atoms with Crippen molar-refractivity contribution in [3.63, 3.8) is 0 Å². The van der Waals surface area contributed by atoms with Gasteiger partial charge in [0, 0.05) is 56.3 Å². The Bertz CT molecular complexity index is 1620. The second kappa shape index (κ2) is 12.5. The molecule has 45 heavy (non-hydrogen) atoms. The van der Waals surface area contributed by atoms with Crippen LogP contribution in [-0.2, 0) is 16.2 Å². The van der Waals surface area contributed by atoms with Crippen LogP contribution < -0.4 is 10.2 Å². The molecule has 244 valence electrons. The summed E-state index contributed by atoms with van der Waals surface area (Å²) in [6, 6.07) is 5.32.